The van der Waals surface area contributed by atoms with Crippen molar-refractivity contribution < 1.29 is 8.42 Å². The fourth-order valence-corrected chi connectivity index (χ4v) is 5.44. The van der Waals surface area contributed by atoms with Crippen LogP contribution in [0.4, 0.5) is 0 Å². The van der Waals surface area contributed by atoms with Gasteiger partial charge in [-0.05, 0) is 45.1 Å². The largest absolute Gasteiger partial charge is 0.310 e. The van der Waals surface area contributed by atoms with Crippen LogP contribution in [0.15, 0.2) is 0 Å². The molecule has 0 aromatic rings. The minimum absolute atomic E-state index is 0.111. The zero-order valence-corrected chi connectivity index (χ0v) is 12.7. The zero-order chi connectivity index (χ0) is 13.5. The number of nitrogens with one attached hydrogen (secondary N) is 1. The van der Waals surface area contributed by atoms with E-state index in [0.717, 1.165) is 31.7 Å². The smallest absolute Gasteiger partial charge is 0.150 e. The van der Waals surface area contributed by atoms with Crippen molar-refractivity contribution in [3.63, 3.8) is 0 Å². The van der Waals surface area contributed by atoms with Gasteiger partial charge in [-0.1, -0.05) is 6.42 Å². The van der Waals surface area contributed by atoms with Crippen LogP contribution in [-0.2, 0) is 9.84 Å². The number of hydrogen-bond donors (Lipinski definition) is 1. The Morgan fingerprint density at radius 2 is 1.89 bits per heavy atom. The molecule has 0 amide bonds. The predicted octanol–water partition coefficient (Wildman–Crippen LogP) is 1.17. The maximum absolute atomic E-state index is 11.7. The van der Waals surface area contributed by atoms with Crippen LogP contribution < -0.4 is 5.32 Å². The highest BCUT2D eigenvalue weighted by Crippen LogP contribution is 2.30. The van der Waals surface area contributed by atoms with Crippen molar-refractivity contribution in [2.24, 2.45) is 0 Å². The van der Waals surface area contributed by atoms with E-state index in [1.165, 1.54) is 38.6 Å². The van der Waals surface area contributed by atoms with Crippen LogP contribution in [0, 0.1) is 0 Å². The van der Waals surface area contributed by atoms with Crippen LogP contribution in [0.25, 0.3) is 0 Å². The molecular formula is C14H26N2O2S. The summed E-state index contributed by atoms with van der Waals surface area (Å²) in [7, 11) is -2.86. The Balaban J connectivity index is 1.58. The molecule has 0 radical (unpaired) electrons. The Kier molecular flexibility index (Phi) is 3.89. The highest BCUT2D eigenvalue weighted by molar-refractivity contribution is 7.91. The molecule has 0 spiro atoms. The Bertz CT molecular complexity index is 423. The molecule has 2 heterocycles. The Morgan fingerprint density at radius 3 is 2.68 bits per heavy atom. The first-order valence-corrected chi connectivity index (χ1v) is 9.68. The van der Waals surface area contributed by atoms with E-state index in [1.807, 2.05) is 0 Å². The number of sulfone groups is 1. The molecule has 0 bridgehead atoms. The van der Waals surface area contributed by atoms with Crippen molar-refractivity contribution in [2.45, 2.75) is 68.3 Å². The van der Waals surface area contributed by atoms with Gasteiger partial charge in [-0.15, -0.1) is 0 Å². The molecule has 4 nitrogen and oxygen atoms in total. The van der Waals surface area contributed by atoms with Crippen molar-refractivity contribution in [2.75, 3.05) is 19.3 Å². The molecule has 4 unspecified atom stereocenters. The minimum atomic E-state index is -2.86. The van der Waals surface area contributed by atoms with Crippen LogP contribution in [-0.4, -0.2) is 56.0 Å². The summed E-state index contributed by atoms with van der Waals surface area (Å²) < 4.78 is 23.4. The quantitative estimate of drug-likeness (QED) is 0.846. The standard InChI is InChI=1S/C14H26N2O2S/c1-19(17,18)12-5-2-4-11(10-12)15-13-7-9-16-8-3-6-14(13)16/h11-15H,2-10H2,1H3. The molecule has 1 N–H and O–H groups in total. The fraction of sp³-hybridized carbons (Fsp3) is 1.00. The van der Waals surface area contributed by atoms with Gasteiger partial charge in [0.25, 0.3) is 0 Å². The summed E-state index contributed by atoms with van der Waals surface area (Å²) in [4.78, 5) is 2.61. The van der Waals surface area contributed by atoms with E-state index >= 15 is 0 Å². The average molecular weight is 286 g/mol. The normalized spacial score (nSPS) is 40.5. The molecule has 3 aliphatic rings. The van der Waals surface area contributed by atoms with E-state index in [0.29, 0.717) is 12.1 Å². The molecule has 2 aliphatic heterocycles. The topological polar surface area (TPSA) is 49.4 Å². The molecule has 3 fully saturated rings. The Labute approximate surface area is 116 Å². The highest BCUT2D eigenvalue weighted by atomic mass is 32.2. The molecule has 0 aromatic carbocycles. The van der Waals surface area contributed by atoms with Gasteiger partial charge in [0.2, 0.25) is 0 Å². The van der Waals surface area contributed by atoms with E-state index in [1.54, 1.807) is 0 Å². The van der Waals surface area contributed by atoms with Crippen LogP contribution in [0.1, 0.15) is 44.9 Å². The lowest BCUT2D eigenvalue weighted by atomic mass is 9.93. The third kappa shape index (κ3) is 2.98. The van der Waals surface area contributed by atoms with Crippen molar-refractivity contribution >= 4 is 9.84 Å². The van der Waals surface area contributed by atoms with Gasteiger partial charge in [0.1, 0.15) is 9.84 Å². The Morgan fingerprint density at radius 1 is 1.05 bits per heavy atom. The second kappa shape index (κ2) is 5.34. The summed E-state index contributed by atoms with van der Waals surface area (Å²) in [6.45, 7) is 2.49. The van der Waals surface area contributed by atoms with Gasteiger partial charge in [0, 0.05) is 30.9 Å². The zero-order valence-electron chi connectivity index (χ0n) is 11.8. The monoisotopic (exact) mass is 286 g/mol. The van der Waals surface area contributed by atoms with Crippen molar-refractivity contribution in [3.05, 3.63) is 0 Å². The molecule has 1 saturated carbocycles. The highest BCUT2D eigenvalue weighted by Gasteiger charge is 2.39. The van der Waals surface area contributed by atoms with Gasteiger partial charge in [-0.3, -0.25) is 4.90 Å². The lowest BCUT2D eigenvalue weighted by Crippen LogP contribution is -2.47. The van der Waals surface area contributed by atoms with E-state index in [2.05, 4.69) is 10.2 Å². The second-order valence-corrected chi connectivity index (χ2v) is 8.95. The van der Waals surface area contributed by atoms with E-state index in [-0.39, 0.29) is 5.25 Å². The van der Waals surface area contributed by atoms with Crippen LogP contribution in [0.5, 0.6) is 0 Å². The predicted molar refractivity (Wildman–Crippen MR) is 77.0 cm³/mol. The molecule has 3 rings (SSSR count). The lowest BCUT2D eigenvalue weighted by molar-refractivity contribution is 0.270. The third-order valence-corrected chi connectivity index (χ3v) is 6.93. The summed E-state index contributed by atoms with van der Waals surface area (Å²) in [6.07, 6.45) is 9.17. The van der Waals surface area contributed by atoms with Crippen LogP contribution in [0.2, 0.25) is 0 Å². The first-order chi connectivity index (χ1) is 9.04. The van der Waals surface area contributed by atoms with Crippen molar-refractivity contribution in [1.82, 2.24) is 10.2 Å². The van der Waals surface area contributed by atoms with Gasteiger partial charge in [0.05, 0.1) is 5.25 Å². The van der Waals surface area contributed by atoms with Gasteiger partial charge in [-0.2, -0.15) is 0 Å². The van der Waals surface area contributed by atoms with E-state index in [4.69, 9.17) is 0 Å². The van der Waals surface area contributed by atoms with E-state index < -0.39 is 9.84 Å². The van der Waals surface area contributed by atoms with E-state index in [9.17, 15) is 8.42 Å². The molecular weight excluding hydrogens is 260 g/mol. The second-order valence-electron chi connectivity index (χ2n) is 6.62. The SMILES string of the molecule is CS(=O)(=O)C1CCCC(NC2CCN3CCCC23)C1. The Hall–Kier alpha value is -0.130. The molecule has 2 saturated heterocycles. The summed E-state index contributed by atoms with van der Waals surface area (Å²) in [5.41, 5.74) is 0. The fourth-order valence-electron chi connectivity index (χ4n) is 4.26. The summed E-state index contributed by atoms with van der Waals surface area (Å²) in [5.74, 6) is 0. The summed E-state index contributed by atoms with van der Waals surface area (Å²) in [5, 5.41) is 3.67. The third-order valence-electron chi connectivity index (χ3n) is 5.29. The first-order valence-electron chi connectivity index (χ1n) is 7.73. The van der Waals surface area contributed by atoms with Gasteiger partial charge in [0.15, 0.2) is 0 Å². The van der Waals surface area contributed by atoms with Crippen molar-refractivity contribution in [1.29, 1.82) is 0 Å². The average Bonchev–Trinajstić information content (AvgIpc) is 2.93. The van der Waals surface area contributed by atoms with Gasteiger partial charge < -0.3 is 5.32 Å². The molecule has 4 atom stereocenters. The number of fused-ring (bicyclic) bond motifs is 1. The van der Waals surface area contributed by atoms with Crippen LogP contribution in [0.3, 0.4) is 0 Å². The molecule has 19 heavy (non-hydrogen) atoms. The summed E-state index contributed by atoms with van der Waals surface area (Å²) >= 11 is 0. The lowest BCUT2D eigenvalue weighted by Gasteiger charge is -2.32. The maximum atomic E-state index is 11.7. The van der Waals surface area contributed by atoms with Crippen molar-refractivity contribution in [3.8, 4) is 0 Å². The molecule has 0 aromatic heterocycles. The molecule has 1 aliphatic carbocycles. The summed E-state index contributed by atoms with van der Waals surface area (Å²) in [6, 6.07) is 1.74. The minimum Gasteiger partial charge on any atom is -0.310 e. The maximum Gasteiger partial charge on any atom is 0.150 e. The van der Waals surface area contributed by atoms with Gasteiger partial charge >= 0.3 is 0 Å². The number of rotatable bonds is 3. The number of nitrogens with zero attached hydrogens (tertiary/aromatic N) is 1. The first kappa shape index (κ1) is 13.8. The van der Waals surface area contributed by atoms with Crippen LogP contribution >= 0.6 is 0 Å². The molecule has 110 valence electrons. The number of hydrogen-bond acceptors (Lipinski definition) is 4. The molecule has 5 heteroatoms. The van der Waals surface area contributed by atoms with Gasteiger partial charge in [-0.25, -0.2) is 8.42 Å².